The number of carbonyl (C=O) groups excluding carboxylic acids is 3. The number of hydrogen-bond acceptors (Lipinski definition) is 6. The van der Waals surface area contributed by atoms with E-state index in [0.29, 0.717) is 5.56 Å². The number of phenolic OH excluding ortho intramolecular Hbond substituents is 1. The molecule has 0 spiro atoms. The lowest BCUT2D eigenvalue weighted by molar-refractivity contribution is -0.143. The average Bonchev–Trinajstić information content (AvgIpc) is 2.50. The van der Waals surface area contributed by atoms with Crippen LogP contribution in [0.4, 0.5) is 4.79 Å². The minimum Gasteiger partial charge on any atom is -0.504 e. The smallest absolute Gasteiger partial charge is 0.331 e. The largest absolute Gasteiger partial charge is 0.504 e. The second kappa shape index (κ2) is 8.72. The molecule has 8 heteroatoms. The van der Waals surface area contributed by atoms with Gasteiger partial charge in [-0.05, 0) is 44.5 Å². The number of carbonyl (C=O) groups is 3. The highest BCUT2D eigenvalue weighted by molar-refractivity contribution is 5.96. The van der Waals surface area contributed by atoms with E-state index in [2.05, 4.69) is 10.6 Å². The van der Waals surface area contributed by atoms with E-state index in [1.807, 2.05) is 0 Å². The molecule has 0 atom stereocenters. The highest BCUT2D eigenvalue weighted by atomic mass is 16.5. The molecule has 0 radical (unpaired) electrons. The summed E-state index contributed by atoms with van der Waals surface area (Å²) in [4.78, 5) is 34.6. The fourth-order valence-electron chi connectivity index (χ4n) is 1.68. The number of aromatic hydroxyl groups is 1. The Bertz CT molecular complexity index is 676. The molecule has 0 saturated heterocycles. The maximum atomic E-state index is 11.6. The van der Waals surface area contributed by atoms with Gasteiger partial charge < -0.3 is 19.9 Å². The van der Waals surface area contributed by atoms with Crippen LogP contribution in [0.1, 0.15) is 26.3 Å². The van der Waals surface area contributed by atoms with E-state index in [9.17, 15) is 19.5 Å². The first-order valence-electron chi connectivity index (χ1n) is 7.44. The summed E-state index contributed by atoms with van der Waals surface area (Å²) in [6.45, 7) is 4.71. The second-order valence-electron chi connectivity index (χ2n) is 6.12. The lowest BCUT2D eigenvalue weighted by atomic mass is 10.1. The van der Waals surface area contributed by atoms with Crippen LogP contribution < -0.4 is 15.4 Å². The molecule has 0 aliphatic carbocycles. The fourth-order valence-corrected chi connectivity index (χ4v) is 1.68. The van der Waals surface area contributed by atoms with Gasteiger partial charge in [0.05, 0.1) is 7.11 Å². The highest BCUT2D eigenvalue weighted by Crippen LogP contribution is 2.26. The summed E-state index contributed by atoms with van der Waals surface area (Å²) >= 11 is 0. The Balaban J connectivity index is 2.46. The monoisotopic (exact) mass is 350 g/mol. The maximum Gasteiger partial charge on any atom is 0.331 e. The molecule has 136 valence electrons. The molecule has 1 aromatic rings. The van der Waals surface area contributed by atoms with Crippen LogP contribution in [0.15, 0.2) is 24.3 Å². The summed E-state index contributed by atoms with van der Waals surface area (Å²) in [6.07, 6.45) is 2.56. The van der Waals surface area contributed by atoms with Gasteiger partial charge in [-0.25, -0.2) is 9.59 Å². The van der Waals surface area contributed by atoms with E-state index in [4.69, 9.17) is 9.47 Å². The van der Waals surface area contributed by atoms with E-state index >= 15 is 0 Å². The number of nitrogens with one attached hydrogen (secondary N) is 2. The minimum absolute atomic E-state index is 0.0209. The molecule has 1 rings (SSSR count). The quantitative estimate of drug-likeness (QED) is 0.549. The Kier molecular flexibility index (Phi) is 6.98. The van der Waals surface area contributed by atoms with Crippen molar-refractivity contribution >= 4 is 24.0 Å². The van der Waals surface area contributed by atoms with E-state index < -0.39 is 30.1 Å². The van der Waals surface area contributed by atoms with Gasteiger partial charge in [0.25, 0.3) is 5.91 Å². The zero-order valence-corrected chi connectivity index (χ0v) is 14.6. The number of phenols is 1. The van der Waals surface area contributed by atoms with Crippen molar-refractivity contribution < 1.29 is 29.0 Å². The van der Waals surface area contributed by atoms with Crippen molar-refractivity contribution in [2.45, 2.75) is 26.3 Å². The van der Waals surface area contributed by atoms with Crippen molar-refractivity contribution in [2.75, 3.05) is 13.7 Å². The molecule has 0 aromatic heterocycles. The Hall–Kier alpha value is -3.03. The van der Waals surface area contributed by atoms with Gasteiger partial charge in [-0.2, -0.15) is 0 Å². The van der Waals surface area contributed by atoms with Gasteiger partial charge >= 0.3 is 12.0 Å². The van der Waals surface area contributed by atoms with Crippen LogP contribution in [0.3, 0.4) is 0 Å². The summed E-state index contributed by atoms with van der Waals surface area (Å²) in [5, 5.41) is 14.1. The minimum atomic E-state index is -0.751. The van der Waals surface area contributed by atoms with Gasteiger partial charge in [-0.15, -0.1) is 0 Å². The SMILES string of the molecule is COc1cc(/C=C/C(=O)OCC(=O)NC(=O)NC(C)(C)C)ccc1O. The summed E-state index contributed by atoms with van der Waals surface area (Å²) in [5.41, 5.74) is 0.107. The van der Waals surface area contributed by atoms with Gasteiger partial charge in [0.2, 0.25) is 0 Å². The third-order valence-corrected chi connectivity index (χ3v) is 2.70. The number of hydrogen-bond donors (Lipinski definition) is 3. The predicted octanol–water partition coefficient (Wildman–Crippen LogP) is 1.58. The number of methoxy groups -OCH3 is 1. The van der Waals surface area contributed by atoms with Crippen molar-refractivity contribution in [1.82, 2.24) is 10.6 Å². The zero-order valence-electron chi connectivity index (χ0n) is 14.6. The van der Waals surface area contributed by atoms with Crippen LogP contribution in [-0.2, 0) is 14.3 Å². The molecular formula is C17H22N2O6. The van der Waals surface area contributed by atoms with E-state index in [-0.39, 0.29) is 11.5 Å². The van der Waals surface area contributed by atoms with Gasteiger partial charge in [0, 0.05) is 11.6 Å². The predicted molar refractivity (Wildman–Crippen MR) is 91.1 cm³/mol. The number of amides is 3. The molecule has 1 aromatic carbocycles. The van der Waals surface area contributed by atoms with Gasteiger partial charge in [0.1, 0.15) is 0 Å². The molecule has 8 nitrogen and oxygen atoms in total. The molecular weight excluding hydrogens is 328 g/mol. The van der Waals surface area contributed by atoms with Crippen LogP contribution >= 0.6 is 0 Å². The summed E-state index contributed by atoms with van der Waals surface area (Å²) in [6, 6.07) is 3.86. The van der Waals surface area contributed by atoms with Crippen LogP contribution in [0.2, 0.25) is 0 Å². The Morgan fingerprint density at radius 2 is 1.92 bits per heavy atom. The van der Waals surface area contributed by atoms with Gasteiger partial charge in [-0.3, -0.25) is 10.1 Å². The Labute approximate surface area is 145 Å². The number of esters is 1. The lowest BCUT2D eigenvalue weighted by Gasteiger charge is -2.20. The molecule has 0 fully saturated rings. The van der Waals surface area contributed by atoms with Crippen molar-refractivity contribution in [3.8, 4) is 11.5 Å². The maximum absolute atomic E-state index is 11.6. The molecule has 3 amide bonds. The Morgan fingerprint density at radius 1 is 1.24 bits per heavy atom. The number of urea groups is 1. The standard InChI is InChI=1S/C17H22N2O6/c1-17(2,3)19-16(23)18-14(21)10-25-15(22)8-6-11-5-7-12(20)13(9-11)24-4/h5-9,20H,10H2,1-4H3,(H2,18,19,21,23)/b8-6+. The van der Waals surface area contributed by atoms with Gasteiger partial charge in [0.15, 0.2) is 18.1 Å². The fraction of sp³-hybridized carbons (Fsp3) is 0.353. The molecule has 3 N–H and O–H groups in total. The zero-order chi connectivity index (χ0) is 19.0. The number of ether oxygens (including phenoxy) is 2. The van der Waals surface area contributed by atoms with Crippen LogP contribution in [0.25, 0.3) is 6.08 Å². The first-order valence-corrected chi connectivity index (χ1v) is 7.44. The molecule has 0 aliphatic rings. The molecule has 0 bridgehead atoms. The third-order valence-electron chi connectivity index (χ3n) is 2.70. The second-order valence-corrected chi connectivity index (χ2v) is 6.12. The van der Waals surface area contributed by atoms with E-state index in [0.717, 1.165) is 6.08 Å². The van der Waals surface area contributed by atoms with Crippen LogP contribution in [0.5, 0.6) is 11.5 Å². The number of imide groups is 1. The summed E-state index contributed by atoms with van der Waals surface area (Å²) in [7, 11) is 1.41. The molecule has 0 unspecified atom stereocenters. The molecule has 0 aliphatic heterocycles. The van der Waals surface area contributed by atoms with Gasteiger partial charge in [-0.1, -0.05) is 6.07 Å². The number of rotatable bonds is 5. The first-order chi connectivity index (χ1) is 11.6. The molecule has 0 saturated carbocycles. The average molecular weight is 350 g/mol. The van der Waals surface area contributed by atoms with E-state index in [1.165, 1.54) is 25.3 Å². The van der Waals surface area contributed by atoms with E-state index in [1.54, 1.807) is 26.8 Å². The number of benzene rings is 1. The first kappa shape index (κ1) is 20.0. The normalized spacial score (nSPS) is 11.0. The highest BCUT2D eigenvalue weighted by Gasteiger charge is 2.16. The summed E-state index contributed by atoms with van der Waals surface area (Å²) in [5.74, 6) is -1.25. The van der Waals surface area contributed by atoms with Crippen molar-refractivity contribution in [2.24, 2.45) is 0 Å². The third kappa shape index (κ3) is 7.87. The summed E-state index contributed by atoms with van der Waals surface area (Å²) < 4.78 is 9.69. The van der Waals surface area contributed by atoms with Crippen LogP contribution in [-0.4, -0.2) is 42.3 Å². The lowest BCUT2D eigenvalue weighted by Crippen LogP contribution is -2.49. The van der Waals surface area contributed by atoms with Crippen LogP contribution in [0, 0.1) is 0 Å². The van der Waals surface area contributed by atoms with Crippen molar-refractivity contribution in [3.05, 3.63) is 29.8 Å². The van der Waals surface area contributed by atoms with Crippen molar-refractivity contribution in [3.63, 3.8) is 0 Å². The topological polar surface area (TPSA) is 114 Å². The van der Waals surface area contributed by atoms with Crippen molar-refractivity contribution in [1.29, 1.82) is 0 Å². The molecule has 25 heavy (non-hydrogen) atoms. The Morgan fingerprint density at radius 3 is 2.52 bits per heavy atom. The molecule has 0 heterocycles.